The van der Waals surface area contributed by atoms with Gasteiger partial charge in [-0.05, 0) is 37.6 Å². The SMILES string of the molecule is Cc1cccc(N2CCN(CCCNC(=O)c3cnc(-c4ccccc4)nc3)CC2)c1. The van der Waals surface area contributed by atoms with Crippen molar-refractivity contribution in [3.8, 4) is 11.4 Å². The Bertz CT molecular complexity index is 982. The van der Waals surface area contributed by atoms with Gasteiger partial charge in [-0.1, -0.05) is 42.5 Å². The average molecular weight is 416 g/mol. The Hall–Kier alpha value is -3.25. The Labute approximate surface area is 183 Å². The third-order valence-corrected chi connectivity index (χ3v) is 5.62. The minimum absolute atomic E-state index is 0.121. The van der Waals surface area contributed by atoms with E-state index in [9.17, 15) is 4.79 Å². The van der Waals surface area contributed by atoms with Gasteiger partial charge < -0.3 is 10.2 Å². The zero-order valence-electron chi connectivity index (χ0n) is 18.0. The highest BCUT2D eigenvalue weighted by atomic mass is 16.1. The van der Waals surface area contributed by atoms with Crippen molar-refractivity contribution in [3.63, 3.8) is 0 Å². The fourth-order valence-corrected chi connectivity index (χ4v) is 3.84. The van der Waals surface area contributed by atoms with Crippen LogP contribution in [0.15, 0.2) is 67.0 Å². The molecule has 3 aromatic rings. The van der Waals surface area contributed by atoms with Crippen molar-refractivity contribution >= 4 is 11.6 Å². The molecule has 6 heteroatoms. The molecular weight excluding hydrogens is 386 g/mol. The normalized spacial score (nSPS) is 14.4. The van der Waals surface area contributed by atoms with Crippen molar-refractivity contribution in [1.82, 2.24) is 20.2 Å². The summed E-state index contributed by atoms with van der Waals surface area (Å²) in [5.41, 5.74) is 4.05. The lowest BCUT2D eigenvalue weighted by Gasteiger charge is -2.36. The number of hydrogen-bond acceptors (Lipinski definition) is 5. The Morgan fingerprint density at radius 2 is 1.71 bits per heavy atom. The van der Waals surface area contributed by atoms with Crippen LogP contribution in [0.4, 0.5) is 5.69 Å². The zero-order chi connectivity index (χ0) is 21.5. The minimum atomic E-state index is -0.121. The first kappa shape index (κ1) is 21.0. The first-order chi connectivity index (χ1) is 15.2. The molecule has 0 aliphatic carbocycles. The lowest BCUT2D eigenvalue weighted by Crippen LogP contribution is -2.47. The van der Waals surface area contributed by atoms with Gasteiger partial charge >= 0.3 is 0 Å². The van der Waals surface area contributed by atoms with E-state index in [1.54, 1.807) is 12.4 Å². The van der Waals surface area contributed by atoms with Crippen LogP contribution in [0.1, 0.15) is 22.3 Å². The molecule has 6 nitrogen and oxygen atoms in total. The molecule has 1 aromatic heterocycles. The van der Waals surface area contributed by atoms with E-state index in [2.05, 4.69) is 56.3 Å². The topological polar surface area (TPSA) is 61.4 Å². The molecule has 1 aliphatic rings. The van der Waals surface area contributed by atoms with Crippen LogP contribution in [-0.4, -0.2) is 60.0 Å². The number of piperazine rings is 1. The van der Waals surface area contributed by atoms with Crippen LogP contribution < -0.4 is 10.2 Å². The van der Waals surface area contributed by atoms with E-state index >= 15 is 0 Å². The van der Waals surface area contributed by atoms with Crippen molar-refractivity contribution < 1.29 is 4.79 Å². The molecule has 2 aromatic carbocycles. The van der Waals surface area contributed by atoms with E-state index in [-0.39, 0.29) is 5.91 Å². The summed E-state index contributed by atoms with van der Waals surface area (Å²) in [6.07, 6.45) is 4.11. The second-order valence-electron chi connectivity index (χ2n) is 7.94. The summed E-state index contributed by atoms with van der Waals surface area (Å²) in [6.45, 7) is 7.97. The fraction of sp³-hybridized carbons (Fsp3) is 0.320. The first-order valence-electron chi connectivity index (χ1n) is 10.9. The van der Waals surface area contributed by atoms with E-state index in [1.807, 2.05) is 30.3 Å². The van der Waals surface area contributed by atoms with Crippen molar-refractivity contribution in [2.24, 2.45) is 0 Å². The summed E-state index contributed by atoms with van der Waals surface area (Å²) in [6, 6.07) is 18.5. The van der Waals surface area contributed by atoms with Gasteiger partial charge in [0.05, 0.1) is 5.56 Å². The molecule has 0 unspecified atom stereocenters. The molecule has 31 heavy (non-hydrogen) atoms. The highest BCUT2D eigenvalue weighted by Crippen LogP contribution is 2.18. The lowest BCUT2D eigenvalue weighted by molar-refractivity contribution is 0.0950. The Morgan fingerprint density at radius 3 is 2.42 bits per heavy atom. The van der Waals surface area contributed by atoms with Gasteiger partial charge in [-0.3, -0.25) is 9.69 Å². The van der Waals surface area contributed by atoms with Gasteiger partial charge in [-0.15, -0.1) is 0 Å². The standard InChI is InChI=1S/C25H29N5O/c1-20-7-5-10-23(17-20)30-15-13-29(14-16-30)12-6-11-26-25(31)22-18-27-24(28-19-22)21-8-3-2-4-9-21/h2-5,7-10,17-19H,6,11-16H2,1H3,(H,26,31). The molecule has 0 saturated carbocycles. The molecule has 2 heterocycles. The molecule has 0 atom stereocenters. The lowest BCUT2D eigenvalue weighted by atomic mass is 10.2. The Morgan fingerprint density at radius 1 is 0.968 bits per heavy atom. The van der Waals surface area contributed by atoms with Crippen LogP contribution in [0.3, 0.4) is 0 Å². The van der Waals surface area contributed by atoms with E-state index in [1.165, 1.54) is 11.3 Å². The quantitative estimate of drug-likeness (QED) is 0.600. The van der Waals surface area contributed by atoms with Crippen LogP contribution in [0.2, 0.25) is 0 Å². The van der Waals surface area contributed by atoms with Crippen molar-refractivity contribution in [3.05, 3.63) is 78.1 Å². The molecule has 1 N–H and O–H groups in total. The number of carbonyl (C=O) groups is 1. The molecule has 1 aliphatic heterocycles. The van der Waals surface area contributed by atoms with Crippen LogP contribution in [0, 0.1) is 6.92 Å². The number of hydrogen-bond donors (Lipinski definition) is 1. The molecule has 4 rings (SSSR count). The largest absolute Gasteiger partial charge is 0.369 e. The van der Waals surface area contributed by atoms with Gasteiger partial charge in [0.15, 0.2) is 5.82 Å². The van der Waals surface area contributed by atoms with Crippen molar-refractivity contribution in [1.29, 1.82) is 0 Å². The number of anilines is 1. The summed E-state index contributed by atoms with van der Waals surface area (Å²) >= 11 is 0. The van der Waals surface area contributed by atoms with Crippen LogP contribution in [0.5, 0.6) is 0 Å². The number of nitrogens with zero attached hydrogens (tertiary/aromatic N) is 4. The molecule has 0 spiro atoms. The van der Waals surface area contributed by atoms with Gasteiger partial charge in [0, 0.05) is 56.4 Å². The summed E-state index contributed by atoms with van der Waals surface area (Å²) in [5.74, 6) is 0.505. The highest BCUT2D eigenvalue weighted by molar-refractivity contribution is 5.93. The molecular formula is C25H29N5O. The number of amides is 1. The third-order valence-electron chi connectivity index (χ3n) is 5.62. The predicted octanol–water partition coefficient (Wildman–Crippen LogP) is 3.39. The molecule has 1 amide bonds. The molecule has 1 saturated heterocycles. The van der Waals surface area contributed by atoms with E-state index < -0.39 is 0 Å². The number of aromatic nitrogens is 2. The Balaban J connectivity index is 1.17. The number of nitrogens with one attached hydrogen (secondary N) is 1. The predicted molar refractivity (Wildman–Crippen MR) is 124 cm³/mol. The molecule has 160 valence electrons. The van der Waals surface area contributed by atoms with Crippen LogP contribution in [0.25, 0.3) is 11.4 Å². The monoisotopic (exact) mass is 415 g/mol. The second-order valence-corrected chi connectivity index (χ2v) is 7.94. The van der Waals surface area contributed by atoms with E-state index in [0.717, 1.165) is 44.7 Å². The summed E-state index contributed by atoms with van der Waals surface area (Å²) < 4.78 is 0. The summed E-state index contributed by atoms with van der Waals surface area (Å²) in [4.78, 5) is 25.9. The molecule has 0 bridgehead atoms. The van der Waals surface area contributed by atoms with Crippen molar-refractivity contribution in [2.75, 3.05) is 44.2 Å². The number of benzene rings is 2. The second kappa shape index (κ2) is 10.2. The number of rotatable bonds is 7. The first-order valence-corrected chi connectivity index (χ1v) is 10.9. The van der Waals surface area contributed by atoms with Gasteiger partial charge in [-0.25, -0.2) is 9.97 Å². The fourth-order valence-electron chi connectivity index (χ4n) is 3.84. The van der Waals surface area contributed by atoms with Gasteiger partial charge in [-0.2, -0.15) is 0 Å². The van der Waals surface area contributed by atoms with Gasteiger partial charge in [0.1, 0.15) is 0 Å². The summed E-state index contributed by atoms with van der Waals surface area (Å²) in [5, 5.41) is 2.98. The zero-order valence-corrected chi connectivity index (χ0v) is 18.0. The van der Waals surface area contributed by atoms with E-state index in [0.29, 0.717) is 17.9 Å². The minimum Gasteiger partial charge on any atom is -0.369 e. The van der Waals surface area contributed by atoms with Crippen LogP contribution in [-0.2, 0) is 0 Å². The van der Waals surface area contributed by atoms with E-state index in [4.69, 9.17) is 0 Å². The van der Waals surface area contributed by atoms with Gasteiger partial charge in [0.25, 0.3) is 5.91 Å². The average Bonchev–Trinajstić information content (AvgIpc) is 2.83. The maximum absolute atomic E-state index is 12.4. The summed E-state index contributed by atoms with van der Waals surface area (Å²) in [7, 11) is 0. The van der Waals surface area contributed by atoms with Crippen LogP contribution >= 0.6 is 0 Å². The molecule has 1 fully saturated rings. The third kappa shape index (κ3) is 5.67. The number of aryl methyl sites for hydroxylation is 1. The maximum Gasteiger partial charge on any atom is 0.254 e. The van der Waals surface area contributed by atoms with Gasteiger partial charge in [0.2, 0.25) is 0 Å². The van der Waals surface area contributed by atoms with Crippen molar-refractivity contribution in [2.45, 2.75) is 13.3 Å². The molecule has 0 radical (unpaired) electrons. The Kier molecular flexibility index (Phi) is 6.89. The highest BCUT2D eigenvalue weighted by Gasteiger charge is 2.17. The smallest absolute Gasteiger partial charge is 0.254 e. The maximum atomic E-state index is 12.4. The number of carbonyl (C=O) groups excluding carboxylic acids is 1.